The van der Waals surface area contributed by atoms with E-state index in [1.807, 2.05) is 0 Å². The van der Waals surface area contributed by atoms with Gasteiger partial charge in [0.2, 0.25) is 0 Å². The van der Waals surface area contributed by atoms with Crippen molar-refractivity contribution in [3.8, 4) is 5.75 Å². The Labute approximate surface area is 86.7 Å². The molecule has 0 saturated heterocycles. The smallest absolute Gasteiger partial charge is 0.168 e. The highest BCUT2D eigenvalue weighted by Crippen LogP contribution is 2.37. The minimum absolute atomic E-state index is 0.171. The van der Waals surface area contributed by atoms with Crippen molar-refractivity contribution in [1.29, 1.82) is 0 Å². The summed E-state index contributed by atoms with van der Waals surface area (Å²) >= 11 is 0. The molecule has 0 heterocycles. The van der Waals surface area contributed by atoms with Crippen molar-refractivity contribution in [1.82, 2.24) is 0 Å². The Balaban J connectivity index is 2.13. The van der Waals surface area contributed by atoms with Crippen molar-refractivity contribution in [3.05, 3.63) is 29.3 Å². The predicted octanol–water partition coefficient (Wildman–Crippen LogP) is 2.09. The van der Waals surface area contributed by atoms with E-state index in [9.17, 15) is 13.9 Å². The molecule has 1 aliphatic rings. The number of phenols is 1. The Morgan fingerprint density at radius 3 is 2.60 bits per heavy atom. The zero-order valence-electron chi connectivity index (χ0n) is 8.26. The summed E-state index contributed by atoms with van der Waals surface area (Å²) in [6.45, 7) is 0. The van der Waals surface area contributed by atoms with Crippen molar-refractivity contribution in [3.63, 3.8) is 0 Å². The summed E-state index contributed by atoms with van der Waals surface area (Å²) in [5.74, 6) is -2.03. The van der Waals surface area contributed by atoms with E-state index in [0.717, 1.165) is 18.9 Å². The second kappa shape index (κ2) is 3.45. The molecule has 1 fully saturated rings. The zero-order valence-corrected chi connectivity index (χ0v) is 8.26. The molecule has 4 heteroatoms. The molecule has 1 saturated carbocycles. The third-order valence-electron chi connectivity index (χ3n) is 2.89. The third-order valence-corrected chi connectivity index (χ3v) is 2.89. The molecule has 0 aromatic heterocycles. The molecule has 1 aromatic carbocycles. The van der Waals surface area contributed by atoms with Gasteiger partial charge in [0.05, 0.1) is 0 Å². The highest BCUT2D eigenvalue weighted by Gasteiger charge is 2.37. The monoisotopic (exact) mass is 213 g/mol. The summed E-state index contributed by atoms with van der Waals surface area (Å²) in [7, 11) is 0. The molecule has 2 nitrogen and oxygen atoms in total. The number of hydrogen-bond acceptors (Lipinski definition) is 2. The quantitative estimate of drug-likeness (QED) is 0.807. The standard InChI is InChI=1S/C11H13F2NO/c12-8-5-7(10(15)9(13)6-8)1-2-11(14)3-4-11/h5-6,15H,1-4,14H2. The maximum Gasteiger partial charge on any atom is 0.168 e. The Morgan fingerprint density at radius 2 is 2.00 bits per heavy atom. The van der Waals surface area contributed by atoms with E-state index in [-0.39, 0.29) is 5.54 Å². The van der Waals surface area contributed by atoms with E-state index in [4.69, 9.17) is 5.73 Å². The van der Waals surface area contributed by atoms with Crippen LogP contribution in [0.4, 0.5) is 8.78 Å². The van der Waals surface area contributed by atoms with Gasteiger partial charge in [-0.15, -0.1) is 0 Å². The number of benzene rings is 1. The van der Waals surface area contributed by atoms with E-state index in [0.29, 0.717) is 24.5 Å². The van der Waals surface area contributed by atoms with Gasteiger partial charge in [-0.05, 0) is 37.3 Å². The molecule has 0 atom stereocenters. The summed E-state index contributed by atoms with van der Waals surface area (Å²) in [5.41, 5.74) is 5.98. The first kappa shape index (κ1) is 10.4. The van der Waals surface area contributed by atoms with Gasteiger partial charge in [0, 0.05) is 11.6 Å². The fraction of sp³-hybridized carbons (Fsp3) is 0.455. The van der Waals surface area contributed by atoms with E-state index in [1.165, 1.54) is 0 Å². The lowest BCUT2D eigenvalue weighted by Crippen LogP contribution is -2.22. The van der Waals surface area contributed by atoms with Gasteiger partial charge in [-0.2, -0.15) is 0 Å². The van der Waals surface area contributed by atoms with Gasteiger partial charge < -0.3 is 10.8 Å². The van der Waals surface area contributed by atoms with Crippen LogP contribution in [0.5, 0.6) is 5.75 Å². The van der Waals surface area contributed by atoms with Crippen molar-refractivity contribution >= 4 is 0 Å². The maximum atomic E-state index is 13.0. The molecule has 0 radical (unpaired) electrons. The van der Waals surface area contributed by atoms with Crippen LogP contribution in [0.2, 0.25) is 0 Å². The van der Waals surface area contributed by atoms with Crippen LogP contribution in [0.25, 0.3) is 0 Å². The Hall–Kier alpha value is -1.16. The highest BCUT2D eigenvalue weighted by atomic mass is 19.1. The van der Waals surface area contributed by atoms with Crippen LogP contribution in [-0.4, -0.2) is 10.6 Å². The molecule has 0 spiro atoms. The van der Waals surface area contributed by atoms with Crippen LogP contribution in [0.1, 0.15) is 24.8 Å². The van der Waals surface area contributed by atoms with Crippen molar-refractivity contribution in [2.75, 3.05) is 0 Å². The molecule has 0 unspecified atom stereocenters. The van der Waals surface area contributed by atoms with Crippen LogP contribution in [-0.2, 0) is 6.42 Å². The summed E-state index contributed by atoms with van der Waals surface area (Å²) in [5, 5.41) is 9.36. The van der Waals surface area contributed by atoms with E-state index in [2.05, 4.69) is 0 Å². The average Bonchev–Trinajstić information content (AvgIpc) is 2.88. The lowest BCUT2D eigenvalue weighted by Gasteiger charge is -2.09. The molecule has 0 amide bonds. The molecule has 0 bridgehead atoms. The first-order valence-corrected chi connectivity index (χ1v) is 4.96. The number of aromatic hydroxyl groups is 1. The maximum absolute atomic E-state index is 13.0. The van der Waals surface area contributed by atoms with Crippen molar-refractivity contribution in [2.24, 2.45) is 5.73 Å². The largest absolute Gasteiger partial charge is 0.505 e. The lowest BCUT2D eigenvalue weighted by molar-refractivity contribution is 0.418. The van der Waals surface area contributed by atoms with Gasteiger partial charge in [0.25, 0.3) is 0 Å². The Bertz CT molecular complexity index is 388. The van der Waals surface area contributed by atoms with Crippen LogP contribution in [0.3, 0.4) is 0 Å². The van der Waals surface area contributed by atoms with Gasteiger partial charge in [-0.25, -0.2) is 8.78 Å². The first-order valence-electron chi connectivity index (χ1n) is 4.96. The summed E-state index contributed by atoms with van der Waals surface area (Å²) in [6.07, 6.45) is 2.97. The predicted molar refractivity (Wildman–Crippen MR) is 52.5 cm³/mol. The fourth-order valence-corrected chi connectivity index (χ4v) is 1.60. The van der Waals surface area contributed by atoms with Gasteiger partial charge >= 0.3 is 0 Å². The fourth-order valence-electron chi connectivity index (χ4n) is 1.60. The molecular weight excluding hydrogens is 200 g/mol. The molecule has 15 heavy (non-hydrogen) atoms. The molecule has 2 rings (SSSR count). The van der Waals surface area contributed by atoms with Crippen LogP contribution in [0.15, 0.2) is 12.1 Å². The topological polar surface area (TPSA) is 46.2 Å². The minimum atomic E-state index is -0.910. The summed E-state index contributed by atoms with van der Waals surface area (Å²) in [6, 6.07) is 1.83. The average molecular weight is 213 g/mol. The second-order valence-corrected chi connectivity index (χ2v) is 4.26. The molecular formula is C11H13F2NO. The third kappa shape index (κ3) is 2.26. The van der Waals surface area contributed by atoms with Gasteiger partial charge in [0.15, 0.2) is 11.6 Å². The Kier molecular flexibility index (Phi) is 2.38. The van der Waals surface area contributed by atoms with E-state index < -0.39 is 17.4 Å². The highest BCUT2D eigenvalue weighted by molar-refractivity contribution is 5.34. The second-order valence-electron chi connectivity index (χ2n) is 4.26. The van der Waals surface area contributed by atoms with Crippen LogP contribution >= 0.6 is 0 Å². The number of rotatable bonds is 3. The molecule has 3 N–H and O–H groups in total. The van der Waals surface area contributed by atoms with Crippen LogP contribution in [0, 0.1) is 11.6 Å². The number of hydrogen-bond donors (Lipinski definition) is 2. The normalized spacial score (nSPS) is 17.8. The zero-order chi connectivity index (χ0) is 11.1. The summed E-state index contributed by atoms with van der Waals surface area (Å²) < 4.78 is 25.8. The van der Waals surface area contributed by atoms with Gasteiger partial charge in [0.1, 0.15) is 5.82 Å². The Morgan fingerprint density at radius 1 is 1.33 bits per heavy atom. The molecule has 0 aliphatic heterocycles. The SMILES string of the molecule is NC1(CCc2cc(F)cc(F)c2O)CC1. The first-order chi connectivity index (χ1) is 7.00. The van der Waals surface area contributed by atoms with Crippen LogP contribution < -0.4 is 5.73 Å². The summed E-state index contributed by atoms with van der Waals surface area (Å²) in [4.78, 5) is 0. The van der Waals surface area contributed by atoms with E-state index in [1.54, 1.807) is 0 Å². The number of halogens is 2. The number of aryl methyl sites for hydroxylation is 1. The number of phenolic OH excluding ortho intramolecular Hbond substituents is 1. The van der Waals surface area contributed by atoms with Crippen molar-refractivity contribution < 1.29 is 13.9 Å². The number of nitrogens with two attached hydrogens (primary N) is 1. The molecule has 1 aliphatic carbocycles. The van der Waals surface area contributed by atoms with E-state index >= 15 is 0 Å². The lowest BCUT2D eigenvalue weighted by atomic mass is 10.0. The van der Waals surface area contributed by atoms with Crippen molar-refractivity contribution in [2.45, 2.75) is 31.2 Å². The molecule has 82 valence electrons. The molecule has 1 aromatic rings. The van der Waals surface area contributed by atoms with Gasteiger partial charge in [-0.3, -0.25) is 0 Å². The minimum Gasteiger partial charge on any atom is -0.505 e. The van der Waals surface area contributed by atoms with Gasteiger partial charge in [-0.1, -0.05) is 0 Å².